The van der Waals surface area contributed by atoms with Gasteiger partial charge in [0, 0.05) is 6.54 Å². The summed E-state index contributed by atoms with van der Waals surface area (Å²) in [5, 5.41) is 12.7. The van der Waals surface area contributed by atoms with Crippen LogP contribution < -0.4 is 5.32 Å². The van der Waals surface area contributed by atoms with Crippen molar-refractivity contribution in [1.82, 2.24) is 10.2 Å². The Morgan fingerprint density at radius 1 is 1.43 bits per heavy atom. The summed E-state index contributed by atoms with van der Waals surface area (Å²) < 4.78 is 0. The Hall–Kier alpha value is -0.120. The highest BCUT2D eigenvalue weighted by Crippen LogP contribution is 2.16. The Kier molecular flexibility index (Phi) is 5.45. The van der Waals surface area contributed by atoms with Crippen molar-refractivity contribution in [2.45, 2.75) is 32.8 Å². The summed E-state index contributed by atoms with van der Waals surface area (Å²) in [6.07, 6.45) is 2.37. The number of hydrogen-bond donors (Lipinski definition) is 2. The molecule has 1 unspecified atom stereocenters. The third kappa shape index (κ3) is 4.40. The molecule has 0 radical (unpaired) electrons. The Balaban J connectivity index is 2.11. The van der Waals surface area contributed by atoms with Crippen molar-refractivity contribution < 1.29 is 5.11 Å². The highest BCUT2D eigenvalue weighted by molar-refractivity contribution is 4.74. The summed E-state index contributed by atoms with van der Waals surface area (Å²) in [7, 11) is 0. The van der Waals surface area contributed by atoms with E-state index in [2.05, 4.69) is 17.1 Å². The third-order valence-electron chi connectivity index (χ3n) is 2.91. The van der Waals surface area contributed by atoms with Crippen LogP contribution in [0.1, 0.15) is 26.7 Å². The largest absolute Gasteiger partial charge is 0.392 e. The van der Waals surface area contributed by atoms with Crippen LogP contribution in [0.25, 0.3) is 0 Å². The van der Waals surface area contributed by atoms with Crippen LogP contribution in [-0.4, -0.2) is 48.8 Å². The number of hydrogen-bond acceptors (Lipinski definition) is 3. The maximum Gasteiger partial charge on any atom is 0.0639 e. The van der Waals surface area contributed by atoms with Crippen molar-refractivity contribution in [2.75, 3.05) is 32.7 Å². The molecule has 3 nitrogen and oxygen atoms in total. The van der Waals surface area contributed by atoms with Crippen molar-refractivity contribution in [1.29, 1.82) is 0 Å². The second-order valence-electron chi connectivity index (χ2n) is 4.40. The molecule has 0 saturated carbocycles. The molecule has 1 atom stereocenters. The van der Waals surface area contributed by atoms with E-state index in [0.29, 0.717) is 0 Å². The molecule has 0 aromatic heterocycles. The first-order valence-corrected chi connectivity index (χ1v) is 5.83. The van der Waals surface area contributed by atoms with E-state index < -0.39 is 0 Å². The number of aliphatic hydroxyl groups excluding tert-OH is 1. The Morgan fingerprint density at radius 2 is 2.07 bits per heavy atom. The fraction of sp³-hybridized carbons (Fsp3) is 1.00. The Labute approximate surface area is 87.5 Å². The van der Waals surface area contributed by atoms with Gasteiger partial charge in [-0.15, -0.1) is 0 Å². The van der Waals surface area contributed by atoms with Crippen LogP contribution in [-0.2, 0) is 0 Å². The van der Waals surface area contributed by atoms with Crippen LogP contribution in [0.3, 0.4) is 0 Å². The molecule has 0 spiro atoms. The molecule has 84 valence electrons. The van der Waals surface area contributed by atoms with E-state index in [9.17, 15) is 5.11 Å². The van der Waals surface area contributed by atoms with Crippen LogP contribution in [0.4, 0.5) is 0 Å². The first-order chi connectivity index (χ1) is 6.72. The van der Waals surface area contributed by atoms with Gasteiger partial charge in [0.2, 0.25) is 0 Å². The second-order valence-corrected chi connectivity index (χ2v) is 4.40. The van der Waals surface area contributed by atoms with Gasteiger partial charge in [-0.25, -0.2) is 0 Å². The van der Waals surface area contributed by atoms with Crippen LogP contribution in [0.2, 0.25) is 0 Å². The van der Waals surface area contributed by atoms with E-state index in [-0.39, 0.29) is 6.10 Å². The summed E-state index contributed by atoms with van der Waals surface area (Å²) >= 11 is 0. The highest BCUT2D eigenvalue weighted by atomic mass is 16.3. The normalized spacial score (nSPS) is 22.5. The van der Waals surface area contributed by atoms with Gasteiger partial charge in [0.1, 0.15) is 0 Å². The van der Waals surface area contributed by atoms with Gasteiger partial charge in [0.05, 0.1) is 6.10 Å². The number of aliphatic hydroxyl groups is 1. The number of rotatable bonds is 5. The zero-order chi connectivity index (χ0) is 10.4. The van der Waals surface area contributed by atoms with Crippen molar-refractivity contribution in [2.24, 2.45) is 5.92 Å². The predicted octanol–water partition coefficient (Wildman–Crippen LogP) is 0.689. The van der Waals surface area contributed by atoms with E-state index in [0.717, 1.165) is 32.1 Å². The van der Waals surface area contributed by atoms with Crippen LogP contribution in [0.5, 0.6) is 0 Å². The van der Waals surface area contributed by atoms with Gasteiger partial charge in [-0.05, 0) is 51.9 Å². The topological polar surface area (TPSA) is 35.5 Å². The number of nitrogens with one attached hydrogen (secondary N) is 1. The fourth-order valence-corrected chi connectivity index (χ4v) is 2.10. The lowest BCUT2D eigenvalue weighted by Gasteiger charge is -2.32. The molecule has 0 aliphatic carbocycles. The molecule has 3 heteroatoms. The Morgan fingerprint density at radius 3 is 2.57 bits per heavy atom. The summed E-state index contributed by atoms with van der Waals surface area (Å²) in [6.45, 7) is 9.41. The van der Waals surface area contributed by atoms with Gasteiger partial charge in [-0.3, -0.25) is 0 Å². The predicted molar refractivity (Wildman–Crippen MR) is 59.4 cm³/mol. The molecule has 1 heterocycles. The number of piperidine rings is 1. The lowest BCUT2D eigenvalue weighted by Crippen LogP contribution is -2.40. The lowest BCUT2D eigenvalue weighted by molar-refractivity contribution is 0.0999. The molecule has 0 aromatic rings. The molecule has 0 aromatic carbocycles. The summed E-state index contributed by atoms with van der Waals surface area (Å²) in [4.78, 5) is 2.37. The summed E-state index contributed by atoms with van der Waals surface area (Å²) in [5.74, 6) is 0.847. The highest BCUT2D eigenvalue weighted by Gasteiger charge is 2.19. The minimum Gasteiger partial charge on any atom is -0.392 e. The van der Waals surface area contributed by atoms with E-state index in [1.54, 1.807) is 0 Å². The molecule has 1 saturated heterocycles. The van der Waals surface area contributed by atoms with Crippen molar-refractivity contribution in [3.8, 4) is 0 Å². The van der Waals surface area contributed by atoms with Gasteiger partial charge in [0.15, 0.2) is 0 Å². The third-order valence-corrected chi connectivity index (χ3v) is 2.91. The zero-order valence-electron chi connectivity index (χ0n) is 9.50. The molecule has 2 N–H and O–H groups in total. The zero-order valence-corrected chi connectivity index (χ0v) is 9.50. The van der Waals surface area contributed by atoms with Crippen LogP contribution in [0, 0.1) is 5.92 Å². The van der Waals surface area contributed by atoms with E-state index >= 15 is 0 Å². The standard InChI is InChI=1S/C11H24N2O/c1-3-12-8-11-4-6-13(7-5-11)9-10(2)14/h10-12,14H,3-9H2,1-2H3. The van der Waals surface area contributed by atoms with Crippen LogP contribution >= 0.6 is 0 Å². The van der Waals surface area contributed by atoms with Crippen molar-refractivity contribution >= 4 is 0 Å². The maximum absolute atomic E-state index is 9.26. The van der Waals surface area contributed by atoms with Gasteiger partial charge in [-0.1, -0.05) is 6.92 Å². The molecular formula is C11H24N2O. The summed E-state index contributed by atoms with van der Waals surface area (Å²) in [6, 6.07) is 0. The maximum atomic E-state index is 9.26. The van der Waals surface area contributed by atoms with Gasteiger partial charge < -0.3 is 15.3 Å². The molecule has 1 fully saturated rings. The fourth-order valence-electron chi connectivity index (χ4n) is 2.10. The molecule has 14 heavy (non-hydrogen) atoms. The lowest BCUT2D eigenvalue weighted by atomic mass is 9.96. The molecular weight excluding hydrogens is 176 g/mol. The van der Waals surface area contributed by atoms with Crippen molar-refractivity contribution in [3.63, 3.8) is 0 Å². The molecule has 1 aliphatic rings. The molecule has 0 bridgehead atoms. The molecule has 1 aliphatic heterocycles. The SMILES string of the molecule is CCNCC1CCN(CC(C)O)CC1. The number of β-amino-alcohol motifs (C(OH)–C–C–N with tert-alkyl or cyclic N) is 1. The smallest absolute Gasteiger partial charge is 0.0639 e. The average molecular weight is 200 g/mol. The van der Waals surface area contributed by atoms with E-state index in [4.69, 9.17) is 0 Å². The van der Waals surface area contributed by atoms with Gasteiger partial charge in [0.25, 0.3) is 0 Å². The molecule has 0 amide bonds. The minimum absolute atomic E-state index is 0.180. The monoisotopic (exact) mass is 200 g/mol. The van der Waals surface area contributed by atoms with Gasteiger partial charge in [-0.2, -0.15) is 0 Å². The van der Waals surface area contributed by atoms with Crippen LogP contribution in [0.15, 0.2) is 0 Å². The number of nitrogens with zero attached hydrogens (tertiary/aromatic N) is 1. The van der Waals surface area contributed by atoms with Crippen molar-refractivity contribution in [3.05, 3.63) is 0 Å². The Bertz CT molecular complexity index is 142. The first-order valence-electron chi connectivity index (χ1n) is 5.83. The molecule has 1 rings (SSSR count). The first kappa shape index (κ1) is 12.0. The minimum atomic E-state index is -0.180. The van der Waals surface area contributed by atoms with E-state index in [1.807, 2.05) is 6.92 Å². The number of likely N-dealkylation sites (tertiary alicyclic amines) is 1. The van der Waals surface area contributed by atoms with Gasteiger partial charge >= 0.3 is 0 Å². The van der Waals surface area contributed by atoms with E-state index in [1.165, 1.54) is 19.4 Å². The quantitative estimate of drug-likeness (QED) is 0.685. The summed E-state index contributed by atoms with van der Waals surface area (Å²) in [5.41, 5.74) is 0. The second kappa shape index (κ2) is 6.38. The average Bonchev–Trinajstić information content (AvgIpc) is 2.16.